The number of hydrogen-bond acceptors (Lipinski definition) is 3. The molecule has 1 aromatic heterocycles. The van der Waals surface area contributed by atoms with Gasteiger partial charge in [0, 0.05) is 22.6 Å². The molecule has 4 aliphatic rings. The zero-order valence-corrected chi connectivity index (χ0v) is 18.5. The number of aliphatic hydroxyl groups is 1. The van der Waals surface area contributed by atoms with Crippen LogP contribution in [0.2, 0.25) is 0 Å². The molecule has 0 aliphatic heterocycles. The third kappa shape index (κ3) is 2.41. The molecule has 2 nitrogen and oxygen atoms in total. The molecule has 0 radical (unpaired) electrons. The van der Waals surface area contributed by atoms with Crippen molar-refractivity contribution in [2.24, 2.45) is 28.6 Å². The van der Waals surface area contributed by atoms with Gasteiger partial charge in [0.05, 0.1) is 6.10 Å². The smallest absolute Gasteiger partial charge is 0.0577 e. The molecular weight excluding hydrogens is 362 g/mol. The monoisotopic (exact) mass is 397 g/mol. The quantitative estimate of drug-likeness (QED) is 0.584. The molecule has 152 valence electrons. The van der Waals surface area contributed by atoms with Crippen LogP contribution in [0.5, 0.6) is 0 Å². The van der Waals surface area contributed by atoms with E-state index in [0.717, 1.165) is 12.8 Å². The normalized spacial score (nSPS) is 47.7. The summed E-state index contributed by atoms with van der Waals surface area (Å²) in [4.78, 5) is 4.47. The highest BCUT2D eigenvalue weighted by atomic mass is 32.1. The lowest BCUT2D eigenvalue weighted by atomic mass is 9.44. The van der Waals surface area contributed by atoms with Gasteiger partial charge in [-0.3, -0.25) is 4.98 Å². The van der Waals surface area contributed by atoms with E-state index in [-0.39, 0.29) is 16.3 Å². The Morgan fingerprint density at radius 3 is 2.68 bits per heavy atom. The van der Waals surface area contributed by atoms with Gasteiger partial charge in [0.1, 0.15) is 0 Å². The van der Waals surface area contributed by atoms with Crippen molar-refractivity contribution in [1.29, 1.82) is 0 Å². The lowest BCUT2D eigenvalue weighted by Gasteiger charge is -2.64. The van der Waals surface area contributed by atoms with E-state index in [1.165, 1.54) is 55.2 Å². The van der Waals surface area contributed by atoms with Gasteiger partial charge in [0.15, 0.2) is 0 Å². The van der Waals surface area contributed by atoms with E-state index in [9.17, 15) is 5.11 Å². The first-order chi connectivity index (χ1) is 13.3. The highest BCUT2D eigenvalue weighted by Gasteiger charge is 2.65. The van der Waals surface area contributed by atoms with Crippen molar-refractivity contribution in [2.45, 2.75) is 83.0 Å². The van der Waals surface area contributed by atoms with Crippen LogP contribution in [0.3, 0.4) is 0 Å². The molecule has 1 heterocycles. The predicted octanol–water partition coefficient (Wildman–Crippen LogP) is 5.84. The van der Waals surface area contributed by atoms with E-state index in [2.05, 4.69) is 37.9 Å². The lowest BCUT2D eigenvalue weighted by Crippen LogP contribution is -2.62. The number of hydrogen-bond donors (Lipinski definition) is 2. The SMILES string of the molecule is Cc1cncc(C2=CC[C@@]3(S)[C@@H]4CC(O)C5CCCC[C@]5(C)C4CC[C@]23C)c1. The van der Waals surface area contributed by atoms with Crippen molar-refractivity contribution < 1.29 is 5.11 Å². The molecule has 1 aromatic rings. The molecule has 0 bridgehead atoms. The van der Waals surface area contributed by atoms with Gasteiger partial charge in [0.25, 0.3) is 0 Å². The fourth-order valence-corrected chi connectivity index (χ4v) is 8.63. The van der Waals surface area contributed by atoms with E-state index in [4.69, 9.17) is 12.6 Å². The number of nitrogens with zero attached hydrogens (tertiary/aromatic N) is 1. The Bertz CT molecular complexity index is 821. The second kappa shape index (κ2) is 6.35. The third-order valence-corrected chi connectivity index (χ3v) is 10.6. The summed E-state index contributed by atoms with van der Waals surface area (Å²) < 4.78 is -0.0542. The van der Waals surface area contributed by atoms with Crippen LogP contribution in [0.25, 0.3) is 5.57 Å². The number of aliphatic hydroxyl groups excluding tert-OH is 1. The average molecular weight is 398 g/mol. The molecule has 3 fully saturated rings. The topological polar surface area (TPSA) is 33.1 Å². The van der Waals surface area contributed by atoms with Crippen molar-refractivity contribution in [3.63, 3.8) is 0 Å². The number of pyridine rings is 1. The molecule has 3 heteroatoms. The molecule has 0 saturated heterocycles. The molecule has 4 aliphatic carbocycles. The van der Waals surface area contributed by atoms with Gasteiger partial charge in [-0.15, -0.1) is 0 Å². The highest BCUT2D eigenvalue weighted by molar-refractivity contribution is 7.82. The molecule has 0 aromatic carbocycles. The lowest BCUT2D eigenvalue weighted by molar-refractivity contribution is -0.140. The summed E-state index contributed by atoms with van der Waals surface area (Å²) in [6.45, 7) is 7.07. The zero-order valence-electron chi connectivity index (χ0n) is 17.6. The summed E-state index contributed by atoms with van der Waals surface area (Å²) in [6, 6.07) is 2.28. The summed E-state index contributed by atoms with van der Waals surface area (Å²) >= 11 is 5.50. The molecule has 5 rings (SSSR count). The maximum absolute atomic E-state index is 11.2. The van der Waals surface area contributed by atoms with Crippen LogP contribution < -0.4 is 0 Å². The number of aromatic nitrogens is 1. The Morgan fingerprint density at radius 2 is 1.89 bits per heavy atom. The van der Waals surface area contributed by atoms with Gasteiger partial charge in [-0.05, 0) is 91.4 Å². The first-order valence-electron chi connectivity index (χ1n) is 11.3. The summed E-state index contributed by atoms with van der Waals surface area (Å²) in [5.41, 5.74) is 4.30. The minimum Gasteiger partial charge on any atom is -0.393 e. The largest absolute Gasteiger partial charge is 0.393 e. The van der Waals surface area contributed by atoms with Gasteiger partial charge in [0.2, 0.25) is 0 Å². The van der Waals surface area contributed by atoms with Gasteiger partial charge < -0.3 is 5.11 Å². The molecule has 0 amide bonds. The molecule has 3 saturated carbocycles. The van der Waals surface area contributed by atoms with Crippen LogP contribution >= 0.6 is 12.6 Å². The second-order valence-corrected chi connectivity index (χ2v) is 11.5. The Balaban J connectivity index is 1.53. The van der Waals surface area contributed by atoms with Crippen LogP contribution in [0, 0.1) is 35.5 Å². The first-order valence-corrected chi connectivity index (χ1v) is 11.8. The summed E-state index contributed by atoms with van der Waals surface area (Å²) in [7, 11) is 0. The van der Waals surface area contributed by atoms with Crippen molar-refractivity contribution in [3.05, 3.63) is 35.7 Å². The molecular formula is C25H35NOS. The minimum atomic E-state index is -0.150. The molecule has 28 heavy (non-hydrogen) atoms. The van der Waals surface area contributed by atoms with Crippen LogP contribution in [0.1, 0.15) is 76.3 Å². The maximum Gasteiger partial charge on any atom is 0.0577 e. The Labute approximate surface area is 175 Å². The second-order valence-electron chi connectivity index (χ2n) is 10.7. The van der Waals surface area contributed by atoms with Crippen LogP contribution in [0.4, 0.5) is 0 Å². The fourth-order valence-electron chi connectivity index (χ4n) is 8.02. The number of rotatable bonds is 1. The number of aryl methyl sites for hydroxylation is 1. The van der Waals surface area contributed by atoms with Crippen molar-refractivity contribution in [2.75, 3.05) is 0 Å². The maximum atomic E-state index is 11.2. The first kappa shape index (κ1) is 19.2. The third-order valence-electron chi connectivity index (χ3n) is 9.54. The van der Waals surface area contributed by atoms with Crippen molar-refractivity contribution >= 4 is 18.2 Å². The van der Waals surface area contributed by atoms with Crippen LogP contribution in [0.15, 0.2) is 24.5 Å². The zero-order chi connectivity index (χ0) is 19.7. The van der Waals surface area contributed by atoms with E-state index in [1.54, 1.807) is 0 Å². The van der Waals surface area contributed by atoms with E-state index >= 15 is 0 Å². The van der Waals surface area contributed by atoms with Gasteiger partial charge in [-0.25, -0.2) is 0 Å². The molecule has 3 unspecified atom stereocenters. The summed E-state index contributed by atoms with van der Waals surface area (Å²) in [6.07, 6.45) is 15.8. The van der Waals surface area contributed by atoms with Gasteiger partial charge in [-0.2, -0.15) is 12.6 Å². The van der Waals surface area contributed by atoms with E-state index < -0.39 is 0 Å². The fraction of sp³-hybridized carbons (Fsp3) is 0.720. The summed E-state index contributed by atoms with van der Waals surface area (Å²) in [5, 5.41) is 11.2. The van der Waals surface area contributed by atoms with Crippen LogP contribution in [-0.2, 0) is 0 Å². The minimum absolute atomic E-state index is 0.0542. The average Bonchev–Trinajstić information content (AvgIpc) is 2.94. The van der Waals surface area contributed by atoms with Gasteiger partial charge >= 0.3 is 0 Å². The number of fused-ring (bicyclic) bond motifs is 5. The number of allylic oxidation sites excluding steroid dienone is 2. The Kier molecular flexibility index (Phi) is 4.35. The van der Waals surface area contributed by atoms with Crippen molar-refractivity contribution in [3.8, 4) is 0 Å². The summed E-state index contributed by atoms with van der Waals surface area (Å²) in [5.74, 6) is 1.70. The van der Waals surface area contributed by atoms with E-state index in [1.807, 2.05) is 12.4 Å². The van der Waals surface area contributed by atoms with Crippen LogP contribution in [-0.4, -0.2) is 20.9 Å². The standard InChI is InChI=1S/C25H35NOS/c1-16-12-17(15-26-14-16)18-8-11-25(28)21-13-22(27)20-6-4-5-9-23(20,2)19(21)7-10-24(18,25)3/h8,12,14-15,19-22,27-28H,4-7,9-11,13H2,1-3H3/t19?,20?,21-,22?,23-,24-,25-/m1/s1. The molecule has 0 spiro atoms. The molecule has 1 N–H and O–H groups in total. The molecule has 7 atom stereocenters. The highest BCUT2D eigenvalue weighted by Crippen LogP contribution is 2.70. The Hall–Kier alpha value is -0.800. The van der Waals surface area contributed by atoms with Crippen molar-refractivity contribution in [1.82, 2.24) is 4.98 Å². The van der Waals surface area contributed by atoms with Gasteiger partial charge in [-0.1, -0.05) is 32.8 Å². The van der Waals surface area contributed by atoms with E-state index in [0.29, 0.717) is 23.2 Å². The number of thiol groups is 1. The predicted molar refractivity (Wildman–Crippen MR) is 118 cm³/mol. The Morgan fingerprint density at radius 1 is 1.07 bits per heavy atom.